The van der Waals surface area contributed by atoms with Crippen molar-refractivity contribution in [1.29, 1.82) is 0 Å². The summed E-state index contributed by atoms with van der Waals surface area (Å²) < 4.78 is 166. The van der Waals surface area contributed by atoms with Gasteiger partial charge in [0, 0.05) is 0 Å². The maximum atomic E-state index is 9.20. The molecule has 26 heavy (non-hydrogen) atoms. The van der Waals surface area contributed by atoms with Gasteiger partial charge in [-0.15, -0.1) is 0 Å². The monoisotopic (exact) mass is 760 g/mol. The Kier molecular flexibility index (Phi) is 19.1. The minimum absolute atomic E-state index is 0. The minimum atomic E-state index is -5.67. The Morgan fingerprint density at radius 1 is 0.269 bits per heavy atom. The smallest absolute Gasteiger partial charge is 0.736 e. The van der Waals surface area contributed by atoms with Crippen molar-refractivity contribution in [3.05, 3.63) is 0 Å². The van der Waals surface area contributed by atoms with Gasteiger partial charge in [-0.1, -0.05) is 0 Å². The molecule has 0 spiro atoms. The predicted octanol–water partition coefficient (Wildman–Crippen LogP) is -6.02. The van der Waals surface area contributed by atoms with Crippen molar-refractivity contribution < 1.29 is 161 Å². The second-order valence-electron chi connectivity index (χ2n) is 2.45. The van der Waals surface area contributed by atoms with Gasteiger partial charge in [-0.3, -0.25) is 0 Å². The van der Waals surface area contributed by atoms with Crippen LogP contribution in [0.5, 0.6) is 0 Å². The molecule has 0 saturated carbocycles. The van der Waals surface area contributed by atoms with Crippen molar-refractivity contribution in [1.82, 2.24) is 0 Å². The van der Waals surface area contributed by atoms with E-state index in [1.54, 1.807) is 0 Å². The van der Waals surface area contributed by atoms with Crippen LogP contribution in [0.15, 0.2) is 0 Å². The van der Waals surface area contributed by atoms with Crippen molar-refractivity contribution in [2.45, 2.75) is 0 Å². The first-order chi connectivity index (χ1) is 9.75. The minimum Gasteiger partial charge on any atom is -0.736 e. The third-order valence-corrected chi connectivity index (χ3v) is 6.75. The molecule has 0 atom stereocenters. The van der Waals surface area contributed by atoms with E-state index in [1.165, 1.54) is 0 Å². The topological polar surface area (TPSA) is 343 Å². The van der Waals surface area contributed by atoms with Crippen LogP contribution >= 0.6 is 0 Å². The molecule has 0 bridgehead atoms. The molecule has 0 heterocycles. The summed E-state index contributed by atoms with van der Waals surface area (Å²) >= 11 is 0. The van der Waals surface area contributed by atoms with E-state index >= 15 is 0 Å². The predicted molar refractivity (Wildman–Crippen MR) is 58.2 cm³/mol. The van der Waals surface area contributed by atoms with Crippen LogP contribution in [0.25, 0.3) is 0 Å². The average molecular weight is 761 g/mol. The van der Waals surface area contributed by atoms with Crippen LogP contribution in [0.2, 0.25) is 0 Å². The van der Waals surface area contributed by atoms with Gasteiger partial charge in [0.2, 0.25) is 0 Å². The fourth-order valence-electron chi connectivity index (χ4n) is 0. The van der Waals surface area contributed by atoms with Gasteiger partial charge in [0.25, 0.3) is 0 Å². The largest absolute Gasteiger partial charge is 3.00 e. The first kappa shape index (κ1) is 38.8. The van der Waals surface area contributed by atoms with Gasteiger partial charge in [-0.2, -0.15) is 0 Å². The van der Waals surface area contributed by atoms with Crippen molar-refractivity contribution >= 4 is 54.9 Å². The molecule has 0 aromatic heterocycles. The van der Waals surface area contributed by atoms with Crippen LogP contribution in [0.1, 0.15) is 0 Å². The van der Waals surface area contributed by atoms with Crippen LogP contribution < -0.4 is 0 Å². The molecule has 0 aromatic rings. The van der Waals surface area contributed by atoms with Gasteiger partial charge in [-0.25, -0.2) is 50.5 Å². The van der Waals surface area contributed by atoms with E-state index in [-0.39, 0.29) is 83.5 Å². The Balaban J connectivity index is -0.0000000817. The van der Waals surface area contributed by atoms with Gasteiger partial charge < -0.3 is 27.3 Å². The van der Waals surface area contributed by atoms with Crippen molar-refractivity contribution in [2.75, 3.05) is 0 Å². The van der Waals surface area contributed by atoms with Crippen molar-refractivity contribution in [3.8, 4) is 0 Å². The van der Waals surface area contributed by atoms with Gasteiger partial charge >= 0.3 is 83.5 Å². The first-order valence-electron chi connectivity index (χ1n) is 3.50. The van der Waals surface area contributed by atoms with E-state index in [2.05, 4.69) is 0 Å². The molecular weight excluding hydrogens is 761 g/mol. The van der Waals surface area contributed by atoms with Crippen molar-refractivity contribution in [3.63, 3.8) is 0 Å². The summed E-state index contributed by atoms with van der Waals surface area (Å²) in [6, 6.07) is 0. The molecule has 0 aliphatic carbocycles. The van der Waals surface area contributed by atoms with Crippen LogP contribution in [0.4, 0.5) is 0 Å². The zero-order valence-electron chi connectivity index (χ0n) is 10.8. The van der Waals surface area contributed by atoms with E-state index in [9.17, 15) is 77.8 Å². The van der Waals surface area contributed by atoms with Gasteiger partial charge in [0.1, 0.15) is 0 Å². The normalized spacial score (nSPS) is 12.7. The Morgan fingerprint density at radius 2 is 0.308 bits per heavy atom. The SMILES string of the molecule is O=S(=O)([O-])S(=O)(=O)[O-].O=S(=O)([O-])S(=O)(=O)[O-].O=S(=O)([O-])S(=O)(=O)[O-].[Ce+3].[Ce+3]. The first-order valence-corrected chi connectivity index (χ1v) is 13.5. The van der Waals surface area contributed by atoms with Crippen LogP contribution in [0.3, 0.4) is 0 Å². The van der Waals surface area contributed by atoms with Crippen LogP contribution in [0, 0.1) is 83.5 Å². The summed E-state index contributed by atoms with van der Waals surface area (Å²) in [5, 5.41) is 0. The average Bonchev–Trinajstić information content (AvgIpc) is 2.08. The van der Waals surface area contributed by atoms with Gasteiger partial charge in [-0.05, 0) is 0 Å². The van der Waals surface area contributed by atoms with Crippen LogP contribution in [-0.2, 0) is 54.9 Å². The molecular formula is Ce2O18S6. The summed E-state index contributed by atoms with van der Waals surface area (Å²) in [6.45, 7) is 0. The molecule has 26 heteroatoms. The maximum absolute atomic E-state index is 9.20. The number of hydrogen-bond donors (Lipinski definition) is 0. The molecule has 0 aliphatic heterocycles. The number of hydrogen-bond acceptors (Lipinski definition) is 18. The zero-order chi connectivity index (χ0) is 21.0. The van der Waals surface area contributed by atoms with Gasteiger partial charge in [0.15, 0.2) is 54.9 Å². The van der Waals surface area contributed by atoms with E-state index in [1.807, 2.05) is 0 Å². The fraction of sp³-hybridized carbons (Fsp3) is 0. The molecule has 0 amide bonds. The molecule has 0 fully saturated rings. The summed E-state index contributed by atoms with van der Waals surface area (Å²) in [5.41, 5.74) is 0. The van der Waals surface area contributed by atoms with Crippen molar-refractivity contribution in [2.24, 2.45) is 0 Å². The van der Waals surface area contributed by atoms with E-state index in [0.29, 0.717) is 0 Å². The van der Waals surface area contributed by atoms with E-state index in [0.717, 1.165) is 0 Å². The summed E-state index contributed by atoms with van der Waals surface area (Å²) in [4.78, 5) is 0. The molecule has 0 rings (SSSR count). The summed E-state index contributed by atoms with van der Waals surface area (Å²) in [7, 11) is -34.0. The molecule has 152 valence electrons. The Hall–Kier alpha value is 2.21. The maximum Gasteiger partial charge on any atom is 3.00 e. The summed E-state index contributed by atoms with van der Waals surface area (Å²) in [5.74, 6) is 0. The molecule has 2 radical (unpaired) electrons. The molecule has 18 nitrogen and oxygen atoms in total. The molecule has 0 N–H and O–H groups in total. The van der Waals surface area contributed by atoms with E-state index < -0.39 is 54.9 Å². The number of rotatable bonds is 3. The quantitative estimate of drug-likeness (QED) is 0.191. The zero-order valence-corrected chi connectivity index (χ0v) is 22.0. The van der Waals surface area contributed by atoms with Gasteiger partial charge in [0.05, 0.1) is 0 Å². The standard InChI is InChI=1S/2Ce.3H2O6S2/c;;3*1-7(2,3)8(4,5)6/h;;3*(H,1,2,3)(H,4,5,6)/q2*+3;;;/p-6. The molecule has 0 saturated heterocycles. The van der Waals surface area contributed by atoms with Crippen LogP contribution in [-0.4, -0.2) is 77.8 Å². The third kappa shape index (κ3) is 19.5. The Bertz CT molecular complexity index is 810. The second kappa shape index (κ2) is 12.8. The Labute approximate surface area is 212 Å². The molecule has 0 aromatic carbocycles. The second-order valence-corrected chi connectivity index (χ2v) is 14.7. The molecule has 0 aliphatic rings. The summed E-state index contributed by atoms with van der Waals surface area (Å²) in [6.07, 6.45) is 0. The Morgan fingerprint density at radius 3 is 0.308 bits per heavy atom. The molecule has 0 unspecified atom stereocenters. The van der Waals surface area contributed by atoms with E-state index in [4.69, 9.17) is 0 Å². The fourth-order valence-corrected chi connectivity index (χ4v) is 0. The third-order valence-electron chi connectivity index (χ3n) is 0.750.